The molecule has 2 heterocycles. The van der Waals surface area contributed by atoms with Crippen LogP contribution in [0.25, 0.3) is 10.1 Å². The average molecular weight is 292 g/mol. The molecule has 0 atom stereocenters. The van der Waals surface area contributed by atoms with E-state index in [2.05, 4.69) is 18.2 Å². The van der Waals surface area contributed by atoms with E-state index in [1.165, 1.54) is 16.9 Å². The van der Waals surface area contributed by atoms with E-state index < -0.39 is 0 Å². The zero-order chi connectivity index (χ0) is 13.4. The van der Waals surface area contributed by atoms with Gasteiger partial charge in [-0.1, -0.05) is 11.6 Å². The fraction of sp³-hybridized carbons (Fsp3) is 0.357. The number of nitrogens with zero attached hydrogens (tertiary/aromatic N) is 1. The molecule has 1 amide bonds. The van der Waals surface area contributed by atoms with Gasteiger partial charge < -0.3 is 10.6 Å². The highest BCUT2D eigenvalue weighted by molar-refractivity contribution is 7.99. The van der Waals surface area contributed by atoms with Gasteiger partial charge in [-0.3, -0.25) is 4.79 Å². The molecule has 0 saturated carbocycles. The SMILES string of the molecule is Cc1ccc2sc(C(=O)N3CCSCC3)c(N)c2c1. The van der Waals surface area contributed by atoms with Gasteiger partial charge in [-0.2, -0.15) is 11.8 Å². The smallest absolute Gasteiger partial charge is 0.266 e. The number of fused-ring (bicyclic) bond motifs is 1. The number of nitrogen functional groups attached to an aromatic ring is 1. The first-order valence-corrected chi connectivity index (χ1v) is 8.29. The largest absolute Gasteiger partial charge is 0.397 e. The zero-order valence-corrected chi connectivity index (χ0v) is 12.4. The zero-order valence-electron chi connectivity index (χ0n) is 10.8. The Bertz CT molecular complexity index is 630. The van der Waals surface area contributed by atoms with Gasteiger partial charge in [0.25, 0.3) is 5.91 Å². The lowest BCUT2D eigenvalue weighted by atomic mass is 10.1. The van der Waals surface area contributed by atoms with Crippen LogP contribution in [0.5, 0.6) is 0 Å². The molecule has 2 N–H and O–H groups in total. The van der Waals surface area contributed by atoms with Crippen molar-refractivity contribution in [1.82, 2.24) is 4.90 Å². The number of carbonyl (C=O) groups excluding carboxylic acids is 1. The maximum absolute atomic E-state index is 12.5. The maximum Gasteiger partial charge on any atom is 0.266 e. The number of benzene rings is 1. The van der Waals surface area contributed by atoms with Crippen LogP contribution >= 0.6 is 23.1 Å². The molecule has 1 aromatic heterocycles. The summed E-state index contributed by atoms with van der Waals surface area (Å²) in [7, 11) is 0. The van der Waals surface area contributed by atoms with Crippen molar-refractivity contribution in [3.05, 3.63) is 28.6 Å². The third-order valence-electron chi connectivity index (χ3n) is 3.37. The van der Waals surface area contributed by atoms with E-state index in [9.17, 15) is 4.79 Å². The molecule has 0 aliphatic carbocycles. The quantitative estimate of drug-likeness (QED) is 0.879. The molecule has 100 valence electrons. The Balaban J connectivity index is 2.00. The van der Waals surface area contributed by atoms with E-state index in [1.54, 1.807) is 0 Å². The van der Waals surface area contributed by atoms with Gasteiger partial charge in [0.15, 0.2) is 0 Å². The summed E-state index contributed by atoms with van der Waals surface area (Å²) < 4.78 is 1.10. The lowest BCUT2D eigenvalue weighted by Crippen LogP contribution is -2.37. The van der Waals surface area contributed by atoms with Crippen LogP contribution in [0, 0.1) is 6.92 Å². The molecule has 1 aromatic carbocycles. The minimum Gasteiger partial charge on any atom is -0.397 e. The standard InChI is InChI=1S/C14H16N2OS2/c1-9-2-3-11-10(8-9)12(15)13(19-11)14(17)16-4-6-18-7-5-16/h2-3,8H,4-7,15H2,1H3. The topological polar surface area (TPSA) is 46.3 Å². The highest BCUT2D eigenvalue weighted by atomic mass is 32.2. The molecule has 1 saturated heterocycles. The Kier molecular flexibility index (Phi) is 3.41. The van der Waals surface area contributed by atoms with Gasteiger partial charge in [0, 0.05) is 34.7 Å². The highest BCUT2D eigenvalue weighted by Gasteiger charge is 2.23. The normalized spacial score (nSPS) is 15.9. The van der Waals surface area contributed by atoms with Crippen LogP contribution in [0.3, 0.4) is 0 Å². The van der Waals surface area contributed by atoms with Crippen LogP contribution in [-0.4, -0.2) is 35.4 Å². The maximum atomic E-state index is 12.5. The first-order valence-electron chi connectivity index (χ1n) is 6.32. The Hall–Kier alpha value is -1.20. The summed E-state index contributed by atoms with van der Waals surface area (Å²) in [5.74, 6) is 2.14. The summed E-state index contributed by atoms with van der Waals surface area (Å²) >= 11 is 3.41. The Morgan fingerprint density at radius 2 is 2.05 bits per heavy atom. The number of thioether (sulfide) groups is 1. The lowest BCUT2D eigenvalue weighted by Gasteiger charge is -2.26. The van der Waals surface area contributed by atoms with Crippen LogP contribution < -0.4 is 5.73 Å². The predicted molar refractivity (Wildman–Crippen MR) is 84.2 cm³/mol. The molecule has 3 nitrogen and oxygen atoms in total. The van der Waals surface area contributed by atoms with E-state index in [0.717, 1.165) is 34.7 Å². The molecule has 1 fully saturated rings. The van der Waals surface area contributed by atoms with Crippen molar-refractivity contribution in [2.75, 3.05) is 30.3 Å². The van der Waals surface area contributed by atoms with Gasteiger partial charge in [-0.05, 0) is 19.1 Å². The molecular formula is C14H16N2OS2. The molecule has 1 aliphatic heterocycles. The van der Waals surface area contributed by atoms with Crippen molar-refractivity contribution < 1.29 is 4.79 Å². The molecule has 5 heteroatoms. The van der Waals surface area contributed by atoms with Crippen molar-refractivity contribution in [2.45, 2.75) is 6.92 Å². The molecule has 3 rings (SSSR count). The van der Waals surface area contributed by atoms with Crippen LogP contribution in [0.2, 0.25) is 0 Å². The van der Waals surface area contributed by atoms with Gasteiger partial charge in [0.05, 0.1) is 5.69 Å². The van der Waals surface area contributed by atoms with Gasteiger partial charge in [-0.25, -0.2) is 0 Å². The van der Waals surface area contributed by atoms with Crippen LogP contribution in [0.15, 0.2) is 18.2 Å². The molecule has 2 aromatic rings. The summed E-state index contributed by atoms with van der Waals surface area (Å²) in [6.07, 6.45) is 0. The van der Waals surface area contributed by atoms with Crippen molar-refractivity contribution in [1.29, 1.82) is 0 Å². The summed E-state index contributed by atoms with van der Waals surface area (Å²) in [5.41, 5.74) is 7.99. The molecule has 0 spiro atoms. The number of aryl methyl sites for hydroxylation is 1. The molecule has 0 bridgehead atoms. The third-order valence-corrected chi connectivity index (χ3v) is 5.49. The number of amides is 1. The van der Waals surface area contributed by atoms with Gasteiger partial charge in [0.1, 0.15) is 4.88 Å². The predicted octanol–water partition coefficient (Wildman–Crippen LogP) is 2.98. The number of hydrogen-bond donors (Lipinski definition) is 1. The van der Waals surface area contributed by atoms with Gasteiger partial charge in [-0.15, -0.1) is 11.3 Å². The fourth-order valence-electron chi connectivity index (χ4n) is 2.30. The number of anilines is 1. The first-order chi connectivity index (χ1) is 9.16. The van der Waals surface area contributed by atoms with Crippen LogP contribution in [0.1, 0.15) is 15.2 Å². The number of nitrogens with two attached hydrogens (primary N) is 1. The summed E-state index contributed by atoms with van der Waals surface area (Å²) in [5, 5.41) is 1.01. The molecule has 0 radical (unpaired) electrons. The fourth-order valence-corrected chi connectivity index (χ4v) is 4.27. The Morgan fingerprint density at radius 1 is 1.32 bits per heavy atom. The van der Waals surface area contributed by atoms with Gasteiger partial charge >= 0.3 is 0 Å². The molecule has 19 heavy (non-hydrogen) atoms. The highest BCUT2D eigenvalue weighted by Crippen LogP contribution is 2.35. The summed E-state index contributed by atoms with van der Waals surface area (Å²) in [6, 6.07) is 6.17. The second-order valence-electron chi connectivity index (χ2n) is 4.75. The Morgan fingerprint density at radius 3 is 2.79 bits per heavy atom. The first kappa shape index (κ1) is 12.8. The molecule has 0 unspecified atom stereocenters. The minimum absolute atomic E-state index is 0.0941. The number of thiophene rings is 1. The van der Waals surface area contributed by atoms with E-state index in [1.807, 2.05) is 23.6 Å². The van der Waals surface area contributed by atoms with Gasteiger partial charge in [0.2, 0.25) is 0 Å². The van der Waals surface area contributed by atoms with Crippen LogP contribution in [-0.2, 0) is 0 Å². The van der Waals surface area contributed by atoms with Crippen molar-refractivity contribution >= 4 is 44.8 Å². The van der Waals surface area contributed by atoms with E-state index in [0.29, 0.717) is 10.6 Å². The number of carbonyl (C=O) groups is 1. The number of rotatable bonds is 1. The van der Waals surface area contributed by atoms with Crippen molar-refractivity contribution in [3.8, 4) is 0 Å². The monoisotopic (exact) mass is 292 g/mol. The minimum atomic E-state index is 0.0941. The molecular weight excluding hydrogens is 276 g/mol. The van der Waals surface area contributed by atoms with E-state index >= 15 is 0 Å². The average Bonchev–Trinajstić information content (AvgIpc) is 2.76. The second kappa shape index (κ2) is 5.06. The Labute approximate surface area is 120 Å². The lowest BCUT2D eigenvalue weighted by molar-refractivity contribution is 0.0778. The van der Waals surface area contributed by atoms with Crippen LogP contribution in [0.4, 0.5) is 5.69 Å². The summed E-state index contributed by atoms with van der Waals surface area (Å²) in [6.45, 7) is 3.70. The van der Waals surface area contributed by atoms with E-state index in [-0.39, 0.29) is 5.91 Å². The third kappa shape index (κ3) is 2.32. The van der Waals surface area contributed by atoms with E-state index in [4.69, 9.17) is 5.73 Å². The molecule has 1 aliphatic rings. The summed E-state index contributed by atoms with van der Waals surface area (Å²) in [4.78, 5) is 15.1. The second-order valence-corrected chi connectivity index (χ2v) is 7.03. The number of hydrogen-bond acceptors (Lipinski definition) is 4. The van der Waals surface area contributed by atoms with Crippen molar-refractivity contribution in [3.63, 3.8) is 0 Å². The van der Waals surface area contributed by atoms with Crippen molar-refractivity contribution in [2.24, 2.45) is 0 Å².